The number of aryl methyl sites for hydroxylation is 1. The van der Waals surface area contributed by atoms with Crippen LogP contribution in [0.25, 0.3) is 0 Å². The van der Waals surface area contributed by atoms with Gasteiger partial charge in [-0.1, -0.05) is 29.8 Å². The average molecular weight is 496 g/mol. The molecule has 3 N–H and O–H groups in total. The van der Waals surface area contributed by atoms with Crippen LogP contribution in [-0.2, 0) is 14.3 Å². The summed E-state index contributed by atoms with van der Waals surface area (Å²) in [6.45, 7) is 12.3. The summed E-state index contributed by atoms with van der Waals surface area (Å²) in [5, 5.41) is 15.4. The number of hydrogen-bond donors (Lipinski definition) is 3. The predicted octanol–water partition coefficient (Wildman–Crippen LogP) is 3.42. The van der Waals surface area contributed by atoms with Gasteiger partial charge in [-0.05, 0) is 72.5 Å². The number of carbonyl (C=O) groups is 3. The van der Waals surface area contributed by atoms with E-state index < -0.39 is 35.2 Å². The molecular weight excluding hydrogens is 454 g/mol. The number of hydrogen-bond acceptors (Lipinski definition) is 6. The van der Waals surface area contributed by atoms with Crippen LogP contribution in [-0.4, -0.2) is 70.3 Å². The number of nitrogens with zero attached hydrogens (tertiary/aromatic N) is 1. The van der Waals surface area contributed by atoms with E-state index in [-0.39, 0.29) is 19.1 Å². The van der Waals surface area contributed by atoms with Crippen molar-refractivity contribution in [1.29, 1.82) is 0 Å². The van der Waals surface area contributed by atoms with Crippen molar-refractivity contribution in [1.82, 2.24) is 15.5 Å². The Morgan fingerprint density at radius 3 is 2.29 bits per heavy atom. The van der Waals surface area contributed by atoms with E-state index in [0.717, 1.165) is 5.56 Å². The Morgan fingerprint density at radius 1 is 1.15 bits per heavy atom. The lowest BCUT2D eigenvalue weighted by molar-refractivity contribution is -0.143. The zero-order valence-corrected chi connectivity index (χ0v) is 22.5. The number of aliphatic hydroxyl groups excluding tert-OH is 1. The standard InChI is InChI=1S/C25H41N3O5S/c1-17-10-9-11-18(16-17)20(21(30)27-24(2,3)4)28(13-14-29)22(31)19(12-15-34-8)26-23(32)33-25(5,6)7/h9-11,16,19-20,29H,12-15H2,1-8H3,(H,26,32)(H,27,30). The van der Waals surface area contributed by atoms with Crippen molar-refractivity contribution in [2.45, 2.75) is 78.1 Å². The van der Waals surface area contributed by atoms with Crippen molar-refractivity contribution >= 4 is 29.7 Å². The molecule has 1 aromatic rings. The van der Waals surface area contributed by atoms with Crippen molar-refractivity contribution in [3.8, 4) is 0 Å². The smallest absolute Gasteiger partial charge is 0.408 e. The van der Waals surface area contributed by atoms with E-state index in [1.807, 2.05) is 52.1 Å². The maximum absolute atomic E-state index is 13.8. The van der Waals surface area contributed by atoms with E-state index in [0.29, 0.717) is 17.7 Å². The number of carbonyl (C=O) groups excluding carboxylic acids is 3. The van der Waals surface area contributed by atoms with E-state index in [2.05, 4.69) is 10.6 Å². The lowest BCUT2D eigenvalue weighted by Gasteiger charge is -2.35. The molecule has 0 heterocycles. The molecule has 0 saturated heterocycles. The molecule has 0 aliphatic heterocycles. The van der Waals surface area contributed by atoms with Gasteiger partial charge in [-0.15, -0.1) is 0 Å². The Morgan fingerprint density at radius 2 is 1.79 bits per heavy atom. The summed E-state index contributed by atoms with van der Waals surface area (Å²) >= 11 is 1.54. The number of rotatable bonds is 10. The summed E-state index contributed by atoms with van der Waals surface area (Å²) in [6, 6.07) is 5.48. The number of amides is 3. The number of benzene rings is 1. The van der Waals surface area contributed by atoms with Gasteiger partial charge in [0.1, 0.15) is 17.7 Å². The van der Waals surface area contributed by atoms with Crippen LogP contribution < -0.4 is 10.6 Å². The summed E-state index contributed by atoms with van der Waals surface area (Å²) in [5.41, 5.74) is 0.316. The number of nitrogens with one attached hydrogen (secondary N) is 2. The fraction of sp³-hybridized carbons (Fsp3) is 0.640. The maximum atomic E-state index is 13.8. The molecule has 1 aromatic carbocycles. The first-order valence-corrected chi connectivity index (χ1v) is 12.9. The topological polar surface area (TPSA) is 108 Å². The molecule has 2 atom stereocenters. The van der Waals surface area contributed by atoms with Gasteiger partial charge in [-0.3, -0.25) is 9.59 Å². The minimum absolute atomic E-state index is 0.0687. The van der Waals surface area contributed by atoms with Gasteiger partial charge in [0.2, 0.25) is 11.8 Å². The fourth-order valence-electron chi connectivity index (χ4n) is 3.37. The monoisotopic (exact) mass is 495 g/mol. The first-order valence-electron chi connectivity index (χ1n) is 11.5. The molecule has 3 amide bonds. The van der Waals surface area contributed by atoms with Gasteiger partial charge in [0.15, 0.2) is 0 Å². The van der Waals surface area contributed by atoms with Crippen LogP contribution in [0.4, 0.5) is 4.79 Å². The van der Waals surface area contributed by atoms with Crippen LogP contribution >= 0.6 is 11.8 Å². The lowest BCUT2D eigenvalue weighted by Crippen LogP contribution is -2.55. The third-order valence-electron chi connectivity index (χ3n) is 4.64. The second-order valence-electron chi connectivity index (χ2n) is 10.3. The largest absolute Gasteiger partial charge is 0.444 e. The van der Waals surface area contributed by atoms with E-state index in [1.54, 1.807) is 38.6 Å². The Balaban J connectivity index is 3.42. The highest BCUT2D eigenvalue weighted by Gasteiger charge is 2.37. The van der Waals surface area contributed by atoms with Crippen molar-refractivity contribution < 1.29 is 24.2 Å². The molecule has 0 saturated carbocycles. The van der Waals surface area contributed by atoms with E-state index in [9.17, 15) is 19.5 Å². The van der Waals surface area contributed by atoms with Crippen LogP contribution in [0.2, 0.25) is 0 Å². The summed E-state index contributed by atoms with van der Waals surface area (Å²) in [6.07, 6.45) is 1.55. The van der Waals surface area contributed by atoms with Crippen LogP contribution in [0.15, 0.2) is 24.3 Å². The predicted molar refractivity (Wildman–Crippen MR) is 137 cm³/mol. The first kappa shape index (κ1) is 29.8. The first-order chi connectivity index (χ1) is 15.7. The SMILES string of the molecule is CSCCC(NC(=O)OC(C)(C)C)C(=O)N(CCO)C(C(=O)NC(C)(C)C)c1cccc(C)c1. The van der Waals surface area contributed by atoms with Crippen molar-refractivity contribution in [3.63, 3.8) is 0 Å². The van der Waals surface area contributed by atoms with Crippen LogP contribution in [0.1, 0.15) is 65.1 Å². The Kier molecular flexibility index (Phi) is 11.4. The van der Waals surface area contributed by atoms with E-state index >= 15 is 0 Å². The van der Waals surface area contributed by atoms with E-state index in [1.165, 1.54) is 4.90 Å². The van der Waals surface area contributed by atoms with E-state index in [4.69, 9.17) is 4.74 Å². The number of thioether (sulfide) groups is 1. The van der Waals surface area contributed by atoms with Gasteiger partial charge >= 0.3 is 6.09 Å². The third kappa shape index (κ3) is 10.3. The molecule has 0 radical (unpaired) electrons. The summed E-state index contributed by atoms with van der Waals surface area (Å²) < 4.78 is 5.36. The summed E-state index contributed by atoms with van der Waals surface area (Å²) in [7, 11) is 0. The molecule has 9 heteroatoms. The van der Waals surface area contributed by atoms with Gasteiger partial charge in [0, 0.05) is 12.1 Å². The van der Waals surface area contributed by atoms with Gasteiger partial charge in [-0.2, -0.15) is 11.8 Å². The second-order valence-corrected chi connectivity index (χ2v) is 11.3. The molecule has 0 spiro atoms. The Hall–Kier alpha value is -2.26. The quantitative estimate of drug-likeness (QED) is 0.459. The molecule has 2 unspecified atom stereocenters. The van der Waals surface area contributed by atoms with Crippen LogP contribution in [0.5, 0.6) is 0 Å². The molecule has 8 nitrogen and oxygen atoms in total. The molecule has 0 aliphatic rings. The van der Waals surface area contributed by atoms with Crippen molar-refractivity contribution in [2.75, 3.05) is 25.2 Å². The van der Waals surface area contributed by atoms with Crippen LogP contribution in [0, 0.1) is 6.92 Å². The number of ether oxygens (including phenoxy) is 1. The summed E-state index contributed by atoms with van der Waals surface area (Å²) in [4.78, 5) is 41.0. The highest BCUT2D eigenvalue weighted by molar-refractivity contribution is 7.98. The zero-order valence-electron chi connectivity index (χ0n) is 21.7. The summed E-state index contributed by atoms with van der Waals surface area (Å²) in [5.74, 6) is -0.201. The fourth-order valence-corrected chi connectivity index (χ4v) is 3.84. The van der Waals surface area contributed by atoms with Crippen LogP contribution in [0.3, 0.4) is 0 Å². The minimum atomic E-state index is -0.976. The maximum Gasteiger partial charge on any atom is 0.408 e. The highest BCUT2D eigenvalue weighted by atomic mass is 32.2. The molecule has 0 fully saturated rings. The lowest BCUT2D eigenvalue weighted by atomic mass is 9.99. The molecule has 1 rings (SSSR count). The molecule has 0 bridgehead atoms. The van der Waals surface area contributed by atoms with Gasteiger partial charge in [0.25, 0.3) is 0 Å². The van der Waals surface area contributed by atoms with Crippen molar-refractivity contribution in [2.24, 2.45) is 0 Å². The normalized spacial score (nSPS) is 13.6. The number of alkyl carbamates (subject to hydrolysis) is 1. The minimum Gasteiger partial charge on any atom is -0.444 e. The zero-order chi connectivity index (χ0) is 26.1. The third-order valence-corrected chi connectivity index (χ3v) is 5.28. The molecule has 0 aliphatic carbocycles. The van der Waals surface area contributed by atoms with Gasteiger partial charge in [0.05, 0.1) is 6.61 Å². The Labute approximate surface area is 208 Å². The molecule has 34 heavy (non-hydrogen) atoms. The second kappa shape index (κ2) is 13.0. The highest BCUT2D eigenvalue weighted by Crippen LogP contribution is 2.25. The molecule has 0 aromatic heterocycles. The van der Waals surface area contributed by atoms with Crippen molar-refractivity contribution in [3.05, 3.63) is 35.4 Å². The number of aliphatic hydroxyl groups is 1. The Bertz CT molecular complexity index is 833. The van der Waals surface area contributed by atoms with Gasteiger partial charge in [-0.25, -0.2) is 4.79 Å². The molecular formula is C25H41N3O5S. The molecule has 192 valence electrons. The van der Waals surface area contributed by atoms with Gasteiger partial charge < -0.3 is 25.4 Å². The average Bonchev–Trinajstić information content (AvgIpc) is 2.67.